The molecule has 1 fully saturated rings. The molecule has 0 aromatic heterocycles. The molecule has 2 rings (SSSR count). The van der Waals surface area contributed by atoms with Crippen molar-refractivity contribution in [2.75, 3.05) is 20.7 Å². The molecule has 25 heavy (non-hydrogen) atoms. The minimum absolute atomic E-state index is 0.189. The number of hydroxylamine groups is 2. The number of likely N-dealkylation sites (tertiary alicyclic amines) is 1. The molecule has 0 spiro atoms. The molecule has 0 N–H and O–H groups in total. The Labute approximate surface area is 139 Å². The first-order chi connectivity index (χ1) is 11.6. The highest BCUT2D eigenvalue weighted by Gasteiger charge is 2.44. The van der Waals surface area contributed by atoms with Gasteiger partial charge in [-0.05, 0) is 17.7 Å². The highest BCUT2D eigenvalue weighted by Crippen LogP contribution is 2.33. The number of halogens is 4. The van der Waals surface area contributed by atoms with Crippen molar-refractivity contribution in [3.8, 4) is 0 Å². The van der Waals surface area contributed by atoms with Gasteiger partial charge in [0.25, 0.3) is 11.8 Å². The van der Waals surface area contributed by atoms with Crippen LogP contribution in [-0.4, -0.2) is 48.3 Å². The van der Waals surface area contributed by atoms with Gasteiger partial charge in [0.1, 0.15) is 11.7 Å². The molecule has 6 nitrogen and oxygen atoms in total. The minimum Gasteiger partial charge on any atom is -0.338 e. The molecule has 0 saturated carbocycles. The number of nitrogens with zero attached hydrogens (tertiary/aromatic N) is 2. The summed E-state index contributed by atoms with van der Waals surface area (Å²) in [6.07, 6.45) is -4.83. The number of hydrogen-bond acceptors (Lipinski definition) is 4. The third kappa shape index (κ3) is 3.78. The minimum atomic E-state index is -4.83. The molecule has 1 aliphatic heterocycles. The predicted molar refractivity (Wildman–Crippen MR) is 75.1 cm³/mol. The Kier molecular flexibility index (Phi) is 5.12. The number of hydrogen-bond donors (Lipinski definition) is 0. The number of carbonyl (C=O) groups is 3. The van der Waals surface area contributed by atoms with E-state index in [0.29, 0.717) is 11.1 Å². The Morgan fingerprint density at radius 1 is 1.36 bits per heavy atom. The first kappa shape index (κ1) is 18.8. The molecule has 136 valence electrons. The SMILES string of the molecule is CON(Cc1ccc(F)cc1C(F)(F)F)C(=O)C1CN(C)C(=O)C1=O. The van der Waals surface area contributed by atoms with Crippen molar-refractivity contribution >= 4 is 17.6 Å². The lowest BCUT2D eigenvalue weighted by molar-refractivity contribution is -0.185. The molecule has 0 bridgehead atoms. The highest BCUT2D eigenvalue weighted by atomic mass is 19.4. The van der Waals surface area contributed by atoms with Crippen LogP contribution in [-0.2, 0) is 31.9 Å². The summed E-state index contributed by atoms with van der Waals surface area (Å²) in [4.78, 5) is 41.4. The number of Topliss-reactive ketones (excluding diaryl/α,β-unsaturated/α-hetero) is 1. The molecule has 1 heterocycles. The molecule has 1 aliphatic rings. The van der Waals surface area contributed by atoms with Crippen molar-refractivity contribution in [1.29, 1.82) is 0 Å². The van der Waals surface area contributed by atoms with E-state index in [-0.39, 0.29) is 6.54 Å². The van der Waals surface area contributed by atoms with Gasteiger partial charge >= 0.3 is 6.18 Å². The summed E-state index contributed by atoms with van der Waals surface area (Å²) in [5, 5.41) is 0.553. The van der Waals surface area contributed by atoms with Gasteiger partial charge in [0.15, 0.2) is 0 Å². The molecule has 0 radical (unpaired) electrons. The second-order valence-electron chi connectivity index (χ2n) is 5.46. The molecule has 1 saturated heterocycles. The van der Waals surface area contributed by atoms with E-state index < -0.39 is 53.2 Å². The fraction of sp³-hybridized carbons (Fsp3) is 0.400. The van der Waals surface area contributed by atoms with Gasteiger partial charge in [0.05, 0.1) is 19.2 Å². The zero-order valence-corrected chi connectivity index (χ0v) is 13.3. The Bertz CT molecular complexity index is 720. The Hall–Kier alpha value is -2.49. The maximum absolute atomic E-state index is 13.1. The van der Waals surface area contributed by atoms with Crippen LogP contribution in [0.3, 0.4) is 0 Å². The second kappa shape index (κ2) is 6.79. The van der Waals surface area contributed by atoms with Crippen molar-refractivity contribution in [3.05, 3.63) is 35.1 Å². The van der Waals surface area contributed by atoms with E-state index in [1.807, 2.05) is 0 Å². The zero-order chi connectivity index (χ0) is 18.9. The lowest BCUT2D eigenvalue weighted by atomic mass is 10.0. The molecule has 2 amide bonds. The Morgan fingerprint density at radius 3 is 2.48 bits per heavy atom. The van der Waals surface area contributed by atoms with E-state index in [0.717, 1.165) is 24.1 Å². The average Bonchev–Trinajstić information content (AvgIpc) is 2.79. The number of rotatable bonds is 4. The van der Waals surface area contributed by atoms with Gasteiger partial charge in [-0.1, -0.05) is 6.07 Å². The van der Waals surface area contributed by atoms with E-state index in [1.54, 1.807) is 0 Å². The molecule has 0 aliphatic carbocycles. The maximum atomic E-state index is 13.1. The summed E-state index contributed by atoms with van der Waals surface area (Å²) in [7, 11) is 2.37. The number of likely N-dealkylation sites (N-methyl/N-ethyl adjacent to an activating group) is 1. The summed E-state index contributed by atoms with van der Waals surface area (Å²) in [5.41, 5.74) is -1.66. The van der Waals surface area contributed by atoms with Crippen LogP contribution in [0, 0.1) is 11.7 Å². The third-order valence-electron chi connectivity index (χ3n) is 3.79. The van der Waals surface area contributed by atoms with Gasteiger partial charge in [-0.15, -0.1) is 0 Å². The van der Waals surface area contributed by atoms with E-state index in [2.05, 4.69) is 0 Å². The molecular weight excluding hydrogens is 348 g/mol. The molecule has 1 aromatic rings. The first-order valence-electron chi connectivity index (χ1n) is 7.06. The van der Waals surface area contributed by atoms with Gasteiger partial charge in [0.2, 0.25) is 5.78 Å². The largest absolute Gasteiger partial charge is 0.416 e. The van der Waals surface area contributed by atoms with Crippen LogP contribution in [0.2, 0.25) is 0 Å². The zero-order valence-electron chi connectivity index (χ0n) is 13.3. The van der Waals surface area contributed by atoms with Crippen molar-refractivity contribution in [3.63, 3.8) is 0 Å². The number of alkyl halides is 3. The summed E-state index contributed by atoms with van der Waals surface area (Å²) in [5.74, 6) is -5.18. The smallest absolute Gasteiger partial charge is 0.338 e. The van der Waals surface area contributed by atoms with E-state index in [4.69, 9.17) is 4.84 Å². The van der Waals surface area contributed by atoms with E-state index in [1.165, 1.54) is 7.05 Å². The van der Waals surface area contributed by atoms with Crippen LogP contribution < -0.4 is 0 Å². The Morgan fingerprint density at radius 2 is 2.00 bits per heavy atom. The van der Waals surface area contributed by atoms with Crippen LogP contribution >= 0.6 is 0 Å². The van der Waals surface area contributed by atoms with Crippen LogP contribution in [0.25, 0.3) is 0 Å². The van der Waals surface area contributed by atoms with Crippen LogP contribution in [0.4, 0.5) is 17.6 Å². The summed E-state index contributed by atoms with van der Waals surface area (Å²) in [6, 6.07) is 2.01. The van der Waals surface area contributed by atoms with Gasteiger partial charge in [-0.25, -0.2) is 9.45 Å². The van der Waals surface area contributed by atoms with Gasteiger partial charge in [0, 0.05) is 13.6 Å². The fourth-order valence-electron chi connectivity index (χ4n) is 2.48. The molecule has 1 aromatic carbocycles. The summed E-state index contributed by atoms with van der Waals surface area (Å²) >= 11 is 0. The highest BCUT2D eigenvalue weighted by molar-refractivity contribution is 6.42. The van der Waals surface area contributed by atoms with Crippen molar-refractivity contribution in [2.45, 2.75) is 12.7 Å². The summed E-state index contributed by atoms with van der Waals surface area (Å²) < 4.78 is 52.2. The van der Waals surface area contributed by atoms with Gasteiger partial charge in [-0.2, -0.15) is 13.2 Å². The Balaban J connectivity index is 2.28. The summed E-state index contributed by atoms with van der Waals surface area (Å²) in [6.45, 7) is -0.849. The van der Waals surface area contributed by atoms with Gasteiger partial charge in [-0.3, -0.25) is 19.2 Å². The van der Waals surface area contributed by atoms with Crippen molar-refractivity contribution in [1.82, 2.24) is 9.96 Å². The number of benzene rings is 1. The molecule has 1 unspecified atom stereocenters. The first-order valence-corrected chi connectivity index (χ1v) is 7.06. The lowest BCUT2D eigenvalue weighted by Crippen LogP contribution is -2.39. The molecule has 10 heteroatoms. The van der Waals surface area contributed by atoms with Crippen molar-refractivity contribution in [2.24, 2.45) is 5.92 Å². The van der Waals surface area contributed by atoms with Crippen LogP contribution in [0.5, 0.6) is 0 Å². The number of amides is 2. The molecular formula is C15H14F4N2O4. The number of carbonyl (C=O) groups excluding carboxylic acids is 3. The monoisotopic (exact) mass is 362 g/mol. The number of ketones is 1. The normalized spacial score (nSPS) is 18.0. The van der Waals surface area contributed by atoms with E-state index >= 15 is 0 Å². The predicted octanol–water partition coefficient (Wildman–Crippen LogP) is 1.39. The average molecular weight is 362 g/mol. The van der Waals surface area contributed by atoms with E-state index in [9.17, 15) is 31.9 Å². The van der Waals surface area contributed by atoms with Crippen LogP contribution in [0.15, 0.2) is 18.2 Å². The van der Waals surface area contributed by atoms with Gasteiger partial charge < -0.3 is 4.90 Å². The lowest BCUT2D eigenvalue weighted by Gasteiger charge is -2.23. The third-order valence-corrected chi connectivity index (χ3v) is 3.79. The van der Waals surface area contributed by atoms with Crippen molar-refractivity contribution < 1.29 is 36.8 Å². The second-order valence-corrected chi connectivity index (χ2v) is 5.46. The topological polar surface area (TPSA) is 66.9 Å². The van der Waals surface area contributed by atoms with Crippen LogP contribution in [0.1, 0.15) is 11.1 Å². The maximum Gasteiger partial charge on any atom is 0.416 e. The standard InChI is InChI=1S/C15H14F4N2O4/c1-20-7-10(12(22)14(20)24)13(23)21(25-2)6-8-3-4-9(16)5-11(8)15(17,18)19/h3-5,10H,6-7H2,1-2H3. The quantitative estimate of drug-likeness (QED) is 0.351. The fourth-order valence-corrected chi connectivity index (χ4v) is 2.48. The molecule has 1 atom stereocenters.